The highest BCUT2D eigenvalue weighted by Gasteiger charge is 2.26. The number of phenols is 2. The summed E-state index contributed by atoms with van der Waals surface area (Å²) in [6.45, 7) is 0.770. The van der Waals surface area contributed by atoms with Gasteiger partial charge < -0.3 is 20.2 Å². The predicted molar refractivity (Wildman–Crippen MR) is 111 cm³/mol. The van der Waals surface area contributed by atoms with Gasteiger partial charge in [-0.25, -0.2) is 0 Å². The van der Waals surface area contributed by atoms with Gasteiger partial charge in [-0.3, -0.25) is 9.59 Å². The van der Waals surface area contributed by atoms with Crippen molar-refractivity contribution in [2.24, 2.45) is 5.92 Å². The first-order valence-corrected chi connectivity index (χ1v) is 10.2. The number of amides is 1. The summed E-state index contributed by atoms with van der Waals surface area (Å²) in [5.74, 6) is -1.43. The third-order valence-electron chi connectivity index (χ3n) is 4.72. The zero-order chi connectivity index (χ0) is 21.0. The van der Waals surface area contributed by atoms with Crippen molar-refractivity contribution in [1.82, 2.24) is 4.90 Å². The number of piperidine rings is 1. The molecule has 0 aliphatic carbocycles. The minimum absolute atomic E-state index is 0.0796. The molecule has 2 aromatic carbocycles. The minimum Gasteiger partial charge on any atom is -0.507 e. The molecule has 1 aliphatic heterocycles. The van der Waals surface area contributed by atoms with Crippen molar-refractivity contribution in [1.29, 1.82) is 0 Å². The molecule has 0 unspecified atom stereocenters. The van der Waals surface area contributed by atoms with Gasteiger partial charge >= 0.3 is 5.97 Å². The Hall–Kier alpha value is -2.64. The van der Waals surface area contributed by atoms with Gasteiger partial charge in [0.2, 0.25) is 5.91 Å². The number of carbonyl (C=O) groups is 2. The normalized spacial score (nSPS) is 15.0. The smallest absolute Gasteiger partial charge is 0.306 e. The average molecular weight is 434 g/mol. The molecule has 1 aliphatic rings. The van der Waals surface area contributed by atoms with Gasteiger partial charge in [-0.05, 0) is 43.2 Å². The number of para-hydroxylation sites is 1. The largest absolute Gasteiger partial charge is 0.507 e. The van der Waals surface area contributed by atoms with E-state index in [4.69, 9.17) is 16.7 Å². The number of phenolic OH excluding ortho intramolecular Hbond substituents is 2. The van der Waals surface area contributed by atoms with E-state index in [9.17, 15) is 19.8 Å². The molecule has 3 rings (SSSR count). The van der Waals surface area contributed by atoms with Crippen LogP contribution in [-0.4, -0.2) is 45.2 Å². The Morgan fingerprint density at radius 3 is 2.41 bits per heavy atom. The average Bonchev–Trinajstić information content (AvgIpc) is 2.69. The molecule has 0 saturated carbocycles. The fraction of sp³-hybridized carbons (Fsp3) is 0.238. The summed E-state index contributed by atoms with van der Waals surface area (Å²) in [5.41, 5.74) is 0.321. The van der Waals surface area contributed by atoms with Crippen LogP contribution in [0.15, 0.2) is 52.3 Å². The van der Waals surface area contributed by atoms with Gasteiger partial charge in [-0.15, -0.1) is 0 Å². The van der Waals surface area contributed by atoms with Crippen LogP contribution < -0.4 is 0 Å². The second-order valence-corrected chi connectivity index (χ2v) is 8.20. The lowest BCUT2D eigenvalue weighted by atomic mass is 9.97. The van der Waals surface area contributed by atoms with Crippen LogP contribution in [0.25, 0.3) is 6.08 Å². The molecule has 1 amide bonds. The van der Waals surface area contributed by atoms with Crippen LogP contribution in [0.3, 0.4) is 0 Å². The van der Waals surface area contributed by atoms with Crippen molar-refractivity contribution in [3.8, 4) is 11.5 Å². The topological polar surface area (TPSA) is 98.1 Å². The number of aromatic hydroxyl groups is 2. The Labute approximate surface area is 177 Å². The standard InChI is InChI=1S/C21H20ClNO5S/c22-16-11-14(29-19-4-2-1-3-17(19)24)12-18(25)15(16)5-6-20(26)23-9-7-13(8-10-23)21(27)28/h1-6,11-13,24-25H,7-10H2,(H,27,28)/b6-5+. The lowest BCUT2D eigenvalue weighted by molar-refractivity contribution is -0.144. The molecule has 29 heavy (non-hydrogen) atoms. The summed E-state index contributed by atoms with van der Waals surface area (Å²) >= 11 is 7.55. The zero-order valence-electron chi connectivity index (χ0n) is 15.4. The van der Waals surface area contributed by atoms with Crippen LogP contribution in [0, 0.1) is 5.92 Å². The van der Waals surface area contributed by atoms with Crippen molar-refractivity contribution >= 4 is 41.3 Å². The zero-order valence-corrected chi connectivity index (χ0v) is 17.0. The molecule has 0 bridgehead atoms. The second-order valence-electron chi connectivity index (χ2n) is 6.68. The first-order chi connectivity index (χ1) is 13.8. The highest BCUT2D eigenvalue weighted by molar-refractivity contribution is 7.99. The van der Waals surface area contributed by atoms with Crippen LogP contribution in [0.2, 0.25) is 5.02 Å². The first-order valence-electron chi connectivity index (χ1n) is 9.03. The molecular weight excluding hydrogens is 414 g/mol. The molecule has 1 heterocycles. The van der Waals surface area contributed by atoms with Gasteiger partial charge in [0.1, 0.15) is 11.5 Å². The molecule has 1 saturated heterocycles. The first kappa shape index (κ1) is 21.1. The fourth-order valence-electron chi connectivity index (χ4n) is 3.08. The van der Waals surface area contributed by atoms with Crippen molar-refractivity contribution in [2.45, 2.75) is 22.6 Å². The number of carboxylic acids is 1. The Kier molecular flexibility index (Phi) is 6.71. The number of hydrogen-bond donors (Lipinski definition) is 3. The van der Waals surface area contributed by atoms with E-state index in [1.807, 2.05) is 0 Å². The molecule has 2 aromatic rings. The van der Waals surface area contributed by atoms with Crippen LogP contribution in [0.5, 0.6) is 11.5 Å². The molecule has 0 spiro atoms. The van der Waals surface area contributed by atoms with E-state index >= 15 is 0 Å². The van der Waals surface area contributed by atoms with E-state index in [2.05, 4.69) is 0 Å². The third kappa shape index (κ3) is 5.25. The van der Waals surface area contributed by atoms with Crippen molar-refractivity contribution in [3.63, 3.8) is 0 Å². The molecule has 8 heteroatoms. The number of benzene rings is 2. The molecule has 3 N–H and O–H groups in total. The van der Waals surface area contributed by atoms with E-state index in [1.165, 1.54) is 30.0 Å². The fourth-order valence-corrected chi connectivity index (χ4v) is 4.34. The highest BCUT2D eigenvalue weighted by atomic mass is 35.5. The van der Waals surface area contributed by atoms with Crippen LogP contribution >= 0.6 is 23.4 Å². The molecule has 0 atom stereocenters. The number of rotatable bonds is 5. The van der Waals surface area contributed by atoms with Crippen LogP contribution in [-0.2, 0) is 9.59 Å². The Morgan fingerprint density at radius 1 is 1.10 bits per heavy atom. The predicted octanol–water partition coefficient (Wildman–Crippen LogP) is 4.24. The maximum Gasteiger partial charge on any atom is 0.306 e. The van der Waals surface area contributed by atoms with E-state index in [1.54, 1.807) is 35.2 Å². The molecule has 1 fully saturated rings. The molecule has 152 valence electrons. The monoisotopic (exact) mass is 433 g/mol. The summed E-state index contributed by atoms with van der Waals surface area (Å²) in [4.78, 5) is 26.2. The maximum absolute atomic E-state index is 12.4. The van der Waals surface area contributed by atoms with E-state index < -0.39 is 11.9 Å². The Balaban J connectivity index is 1.69. The summed E-state index contributed by atoms with van der Waals surface area (Å²) in [5, 5.41) is 29.5. The number of halogens is 1. The van der Waals surface area contributed by atoms with E-state index in [0.717, 1.165) is 0 Å². The van der Waals surface area contributed by atoms with Gasteiger partial charge in [-0.2, -0.15) is 0 Å². The maximum atomic E-state index is 12.4. The molecule has 6 nitrogen and oxygen atoms in total. The lowest BCUT2D eigenvalue weighted by Crippen LogP contribution is -2.39. The quantitative estimate of drug-likeness (QED) is 0.610. The summed E-state index contributed by atoms with van der Waals surface area (Å²) in [6.07, 6.45) is 3.65. The Bertz CT molecular complexity index is 931. The number of carboxylic acid groups (broad SMARTS) is 1. The number of aliphatic carboxylic acids is 1. The third-order valence-corrected chi connectivity index (χ3v) is 6.07. The van der Waals surface area contributed by atoms with Crippen LogP contribution in [0.4, 0.5) is 0 Å². The molecule has 0 aromatic heterocycles. The highest BCUT2D eigenvalue weighted by Crippen LogP contribution is 2.39. The van der Waals surface area contributed by atoms with Gasteiger partial charge in [0.25, 0.3) is 0 Å². The number of nitrogens with zero attached hydrogens (tertiary/aromatic N) is 1. The van der Waals surface area contributed by atoms with E-state index in [0.29, 0.717) is 41.3 Å². The summed E-state index contributed by atoms with van der Waals surface area (Å²) in [7, 11) is 0. The van der Waals surface area contributed by atoms with E-state index in [-0.39, 0.29) is 22.4 Å². The summed E-state index contributed by atoms with van der Waals surface area (Å²) < 4.78 is 0. The molecule has 0 radical (unpaired) electrons. The van der Waals surface area contributed by atoms with Crippen molar-refractivity contribution < 1.29 is 24.9 Å². The number of likely N-dealkylation sites (tertiary alicyclic amines) is 1. The van der Waals surface area contributed by atoms with Gasteiger partial charge in [0.15, 0.2) is 0 Å². The number of carbonyl (C=O) groups excluding carboxylic acids is 1. The van der Waals surface area contributed by atoms with Crippen molar-refractivity contribution in [3.05, 3.63) is 53.1 Å². The van der Waals surface area contributed by atoms with Crippen LogP contribution in [0.1, 0.15) is 18.4 Å². The Morgan fingerprint density at radius 2 is 1.79 bits per heavy atom. The SMILES string of the molecule is O=C(O)C1CCN(C(=O)/C=C/c2c(O)cc(Sc3ccccc3O)cc2Cl)CC1. The number of hydrogen-bond acceptors (Lipinski definition) is 5. The van der Waals surface area contributed by atoms with Gasteiger partial charge in [-0.1, -0.05) is 35.5 Å². The lowest BCUT2D eigenvalue weighted by Gasteiger charge is -2.29. The van der Waals surface area contributed by atoms with Gasteiger partial charge in [0, 0.05) is 29.6 Å². The summed E-state index contributed by atoms with van der Waals surface area (Å²) in [6, 6.07) is 10.0. The van der Waals surface area contributed by atoms with Gasteiger partial charge in [0.05, 0.1) is 15.8 Å². The van der Waals surface area contributed by atoms with Crippen molar-refractivity contribution in [2.75, 3.05) is 13.1 Å². The minimum atomic E-state index is -0.828. The second kappa shape index (κ2) is 9.24. The molecular formula is C21H20ClNO5S.